The summed E-state index contributed by atoms with van der Waals surface area (Å²) in [5.74, 6) is -0.654. The van der Waals surface area contributed by atoms with Crippen molar-refractivity contribution in [2.24, 2.45) is 5.73 Å². The number of hydrogen-bond donors (Lipinski definition) is 1. The molecule has 0 saturated heterocycles. The molecular weight excluding hydrogens is 376 g/mol. The molecule has 8 heteroatoms. The van der Waals surface area contributed by atoms with Gasteiger partial charge in [-0.2, -0.15) is 4.31 Å². The molecule has 0 aromatic heterocycles. The Balaban J connectivity index is 2.31. The fraction of sp³-hybridized carbons (Fsp3) is 0.278. The van der Waals surface area contributed by atoms with Crippen molar-refractivity contribution in [3.63, 3.8) is 0 Å². The summed E-state index contributed by atoms with van der Waals surface area (Å²) in [6, 6.07) is 13.5. The average molecular weight is 397 g/mol. The lowest BCUT2D eigenvalue weighted by molar-refractivity contribution is 0.0600. The van der Waals surface area contributed by atoms with E-state index in [2.05, 4.69) is 4.74 Å². The molecular formula is C18H21ClN2O4S. The molecule has 2 rings (SSSR count). The van der Waals surface area contributed by atoms with Crippen molar-refractivity contribution in [2.75, 3.05) is 26.7 Å². The van der Waals surface area contributed by atoms with E-state index in [1.165, 1.54) is 29.6 Å². The van der Waals surface area contributed by atoms with Crippen LogP contribution in [0.4, 0.5) is 0 Å². The van der Waals surface area contributed by atoms with Gasteiger partial charge in [-0.25, -0.2) is 13.2 Å². The number of hydrogen-bond acceptors (Lipinski definition) is 5. The monoisotopic (exact) mass is 396 g/mol. The number of carbonyl (C=O) groups excluding carboxylic acids is 1. The number of rotatable bonds is 8. The van der Waals surface area contributed by atoms with Gasteiger partial charge in [0.15, 0.2) is 0 Å². The summed E-state index contributed by atoms with van der Waals surface area (Å²) < 4.78 is 32.0. The predicted molar refractivity (Wildman–Crippen MR) is 101 cm³/mol. The first-order valence-corrected chi connectivity index (χ1v) is 9.83. The zero-order valence-electron chi connectivity index (χ0n) is 14.4. The number of nitrogens with zero attached hydrogens (tertiary/aromatic N) is 1. The van der Waals surface area contributed by atoms with E-state index >= 15 is 0 Å². The summed E-state index contributed by atoms with van der Waals surface area (Å²) in [7, 11) is -2.64. The molecule has 0 spiro atoms. The molecule has 0 fully saturated rings. The number of benzene rings is 2. The van der Waals surface area contributed by atoms with Crippen molar-refractivity contribution in [1.29, 1.82) is 0 Å². The lowest BCUT2D eigenvalue weighted by Gasteiger charge is -2.22. The Kier molecular flexibility index (Phi) is 7.16. The molecule has 6 nitrogen and oxygen atoms in total. The standard InChI is InChI=1S/C18H21ClN2O4S/c1-25-18(22)15-11-16(19)13-17(12-15)26(23,24)21(10-8-20)9-7-14-5-3-2-4-6-14/h2-6,11-13H,7-10,20H2,1H3. The quantitative estimate of drug-likeness (QED) is 0.691. The summed E-state index contributed by atoms with van der Waals surface area (Å²) in [5.41, 5.74) is 6.69. The maximum absolute atomic E-state index is 13.0. The molecule has 2 aromatic carbocycles. The van der Waals surface area contributed by atoms with E-state index in [1.54, 1.807) is 0 Å². The van der Waals surface area contributed by atoms with Crippen molar-refractivity contribution >= 4 is 27.6 Å². The molecule has 0 aliphatic heterocycles. The Morgan fingerprint density at radius 2 is 1.85 bits per heavy atom. The van der Waals surface area contributed by atoms with E-state index in [-0.39, 0.29) is 35.1 Å². The number of sulfonamides is 1. The van der Waals surface area contributed by atoms with Crippen molar-refractivity contribution < 1.29 is 17.9 Å². The van der Waals surface area contributed by atoms with E-state index in [4.69, 9.17) is 17.3 Å². The Bertz CT molecular complexity index is 857. The van der Waals surface area contributed by atoms with Crippen molar-refractivity contribution in [3.05, 3.63) is 64.7 Å². The Morgan fingerprint density at radius 1 is 1.15 bits per heavy atom. The lowest BCUT2D eigenvalue weighted by Crippen LogP contribution is -2.37. The van der Waals surface area contributed by atoms with Crippen LogP contribution in [0.3, 0.4) is 0 Å². The van der Waals surface area contributed by atoms with Crippen LogP contribution in [0.15, 0.2) is 53.4 Å². The molecule has 0 saturated carbocycles. The largest absolute Gasteiger partial charge is 0.465 e. The first-order chi connectivity index (χ1) is 12.4. The molecule has 0 radical (unpaired) electrons. The zero-order chi connectivity index (χ0) is 19.2. The Hall–Kier alpha value is -1.93. The molecule has 2 aromatic rings. The molecule has 140 valence electrons. The minimum absolute atomic E-state index is 0.0630. The molecule has 0 heterocycles. The highest BCUT2D eigenvalue weighted by Gasteiger charge is 2.25. The van der Waals surface area contributed by atoms with Crippen LogP contribution in [-0.4, -0.2) is 45.4 Å². The van der Waals surface area contributed by atoms with Gasteiger partial charge in [-0.1, -0.05) is 41.9 Å². The van der Waals surface area contributed by atoms with E-state index in [9.17, 15) is 13.2 Å². The van der Waals surface area contributed by atoms with Gasteiger partial charge in [0.25, 0.3) is 0 Å². The first-order valence-electron chi connectivity index (χ1n) is 8.01. The third-order valence-corrected chi connectivity index (χ3v) is 5.90. The minimum atomic E-state index is -3.86. The van der Waals surface area contributed by atoms with Gasteiger partial charge in [0.1, 0.15) is 0 Å². The highest BCUT2D eigenvalue weighted by molar-refractivity contribution is 7.89. The van der Waals surface area contributed by atoms with Gasteiger partial charge in [0.2, 0.25) is 10.0 Å². The molecule has 0 aliphatic carbocycles. The van der Waals surface area contributed by atoms with E-state index in [0.717, 1.165) is 5.56 Å². The summed E-state index contributed by atoms with van der Waals surface area (Å²) in [4.78, 5) is 11.7. The summed E-state index contributed by atoms with van der Waals surface area (Å²) in [6.45, 7) is 0.608. The summed E-state index contributed by atoms with van der Waals surface area (Å²) in [6.07, 6.45) is 0.546. The van der Waals surface area contributed by atoms with Gasteiger partial charge in [0, 0.05) is 24.7 Å². The predicted octanol–water partition coefficient (Wildman–Crippen LogP) is 2.32. The average Bonchev–Trinajstić information content (AvgIpc) is 2.64. The maximum atomic E-state index is 13.0. The van der Waals surface area contributed by atoms with Gasteiger partial charge in [-0.05, 0) is 30.2 Å². The molecule has 0 bridgehead atoms. The first kappa shape index (κ1) is 20.4. The Labute approximate surface area is 158 Å². The number of methoxy groups -OCH3 is 1. The van der Waals surface area contributed by atoms with E-state index < -0.39 is 16.0 Å². The minimum Gasteiger partial charge on any atom is -0.465 e. The lowest BCUT2D eigenvalue weighted by atomic mass is 10.1. The topological polar surface area (TPSA) is 89.7 Å². The van der Waals surface area contributed by atoms with Crippen LogP contribution in [-0.2, 0) is 21.2 Å². The number of ether oxygens (including phenoxy) is 1. The van der Waals surface area contributed by atoms with E-state index in [0.29, 0.717) is 6.42 Å². The number of esters is 1. The van der Waals surface area contributed by atoms with Crippen LogP contribution in [0.25, 0.3) is 0 Å². The molecule has 0 atom stereocenters. The van der Waals surface area contributed by atoms with Crippen molar-refractivity contribution in [1.82, 2.24) is 4.31 Å². The van der Waals surface area contributed by atoms with Crippen LogP contribution in [0.2, 0.25) is 5.02 Å². The van der Waals surface area contributed by atoms with Crippen LogP contribution < -0.4 is 5.73 Å². The van der Waals surface area contributed by atoms with E-state index in [1.807, 2.05) is 30.3 Å². The summed E-state index contributed by atoms with van der Waals surface area (Å²) in [5, 5.41) is 0.141. The van der Waals surface area contributed by atoms with Crippen LogP contribution in [0, 0.1) is 0 Å². The number of nitrogens with two attached hydrogens (primary N) is 1. The molecule has 0 amide bonds. The van der Waals surface area contributed by atoms with Gasteiger partial charge in [-0.3, -0.25) is 0 Å². The van der Waals surface area contributed by atoms with Crippen LogP contribution >= 0.6 is 11.6 Å². The number of halogens is 1. The normalized spacial score (nSPS) is 11.5. The van der Waals surface area contributed by atoms with Crippen molar-refractivity contribution in [2.45, 2.75) is 11.3 Å². The fourth-order valence-corrected chi connectivity index (χ4v) is 4.32. The van der Waals surface area contributed by atoms with Gasteiger partial charge < -0.3 is 10.5 Å². The van der Waals surface area contributed by atoms with Gasteiger partial charge in [-0.15, -0.1) is 0 Å². The molecule has 2 N–H and O–H groups in total. The fourth-order valence-electron chi connectivity index (χ4n) is 2.49. The van der Waals surface area contributed by atoms with Crippen molar-refractivity contribution in [3.8, 4) is 0 Å². The highest BCUT2D eigenvalue weighted by atomic mass is 35.5. The SMILES string of the molecule is COC(=O)c1cc(Cl)cc(S(=O)(=O)N(CCN)CCc2ccccc2)c1. The second kappa shape index (κ2) is 9.14. The molecule has 0 aliphatic rings. The maximum Gasteiger partial charge on any atom is 0.337 e. The third kappa shape index (κ3) is 5.04. The zero-order valence-corrected chi connectivity index (χ0v) is 16.0. The second-order valence-electron chi connectivity index (χ2n) is 5.60. The molecule has 26 heavy (non-hydrogen) atoms. The van der Waals surface area contributed by atoms with Gasteiger partial charge >= 0.3 is 5.97 Å². The molecule has 0 unspecified atom stereocenters. The van der Waals surface area contributed by atoms with Gasteiger partial charge in [0.05, 0.1) is 17.6 Å². The van der Waals surface area contributed by atoms with Crippen LogP contribution in [0.5, 0.6) is 0 Å². The smallest absolute Gasteiger partial charge is 0.337 e. The van der Waals surface area contributed by atoms with Crippen LogP contribution in [0.1, 0.15) is 15.9 Å². The third-order valence-electron chi connectivity index (χ3n) is 3.80. The highest BCUT2D eigenvalue weighted by Crippen LogP contribution is 2.23. The Morgan fingerprint density at radius 3 is 2.46 bits per heavy atom. The second-order valence-corrected chi connectivity index (χ2v) is 7.97. The number of carbonyl (C=O) groups is 1. The summed E-state index contributed by atoms with van der Waals surface area (Å²) >= 11 is 6.00.